The zero-order valence-corrected chi connectivity index (χ0v) is 9.56. The molecule has 1 aromatic heterocycles. The minimum absolute atomic E-state index is 0.494. The molecule has 0 saturated carbocycles. The highest BCUT2D eigenvalue weighted by Gasteiger charge is 2.04. The smallest absolute Gasteiger partial charge is 0.204 e. The number of aldehydes is 1. The molecule has 0 bridgehead atoms. The summed E-state index contributed by atoms with van der Waals surface area (Å²) in [6.45, 7) is 5.88. The molecule has 0 aliphatic carbocycles. The predicted molar refractivity (Wildman–Crippen MR) is 61.1 cm³/mol. The molecule has 5 heteroatoms. The van der Waals surface area contributed by atoms with Gasteiger partial charge in [0.25, 0.3) is 0 Å². The van der Waals surface area contributed by atoms with Crippen LogP contribution in [0.5, 0.6) is 0 Å². The van der Waals surface area contributed by atoms with E-state index in [4.69, 9.17) is 0 Å². The van der Waals surface area contributed by atoms with Gasteiger partial charge in [-0.2, -0.15) is 5.21 Å². The first kappa shape index (κ1) is 12.0. The number of aromatic nitrogens is 4. The fourth-order valence-corrected chi connectivity index (χ4v) is 1.19. The predicted octanol–water partition coefficient (Wildman–Crippen LogP) is 2.01. The Morgan fingerprint density at radius 1 is 1.31 bits per heavy atom. The van der Waals surface area contributed by atoms with E-state index >= 15 is 0 Å². The monoisotopic (exact) mass is 218 g/mol. The second kappa shape index (κ2) is 5.75. The van der Waals surface area contributed by atoms with E-state index in [1.807, 2.05) is 32.9 Å². The first-order valence-corrected chi connectivity index (χ1v) is 5.11. The van der Waals surface area contributed by atoms with Gasteiger partial charge in [0.05, 0.1) is 0 Å². The largest absolute Gasteiger partial charge is 0.298 e. The highest BCUT2D eigenvalue weighted by molar-refractivity contribution is 5.79. The van der Waals surface area contributed by atoms with Crippen molar-refractivity contribution >= 4 is 6.29 Å². The lowest BCUT2D eigenvalue weighted by molar-refractivity contribution is 0.112. The van der Waals surface area contributed by atoms with E-state index in [0.29, 0.717) is 11.4 Å². The van der Waals surface area contributed by atoms with Gasteiger partial charge in [-0.3, -0.25) is 4.79 Å². The van der Waals surface area contributed by atoms with E-state index in [0.717, 1.165) is 17.4 Å². The standard InChI is InChI=1S/C9H8N4O.C2H6/c1-6-2-3-7(4-8(6)5-14)9-10-12-13-11-9;1-2/h2-5H,1H3,(H,10,11,12,13);1-2H3. The molecule has 0 spiro atoms. The minimum atomic E-state index is 0.494. The van der Waals surface area contributed by atoms with E-state index in [-0.39, 0.29) is 0 Å². The summed E-state index contributed by atoms with van der Waals surface area (Å²) in [5, 5.41) is 13.5. The third-order valence-corrected chi connectivity index (χ3v) is 2.01. The topological polar surface area (TPSA) is 71.5 Å². The molecule has 1 aromatic carbocycles. The number of nitrogens with zero attached hydrogens (tertiary/aromatic N) is 3. The quantitative estimate of drug-likeness (QED) is 0.783. The molecule has 2 aromatic rings. The molecule has 0 aliphatic heterocycles. The number of rotatable bonds is 2. The Morgan fingerprint density at radius 3 is 2.62 bits per heavy atom. The van der Waals surface area contributed by atoms with Crippen LogP contribution in [-0.4, -0.2) is 26.9 Å². The fourth-order valence-electron chi connectivity index (χ4n) is 1.19. The number of carbonyl (C=O) groups excluding carboxylic acids is 1. The van der Waals surface area contributed by atoms with Crippen LogP contribution < -0.4 is 0 Å². The van der Waals surface area contributed by atoms with Gasteiger partial charge in [0.2, 0.25) is 5.82 Å². The highest BCUT2D eigenvalue weighted by Crippen LogP contribution is 2.16. The van der Waals surface area contributed by atoms with Crippen LogP contribution in [-0.2, 0) is 0 Å². The van der Waals surface area contributed by atoms with E-state index in [2.05, 4.69) is 20.6 Å². The number of hydrogen-bond donors (Lipinski definition) is 1. The van der Waals surface area contributed by atoms with Gasteiger partial charge < -0.3 is 0 Å². The van der Waals surface area contributed by atoms with Crippen LogP contribution in [0, 0.1) is 6.92 Å². The summed E-state index contributed by atoms with van der Waals surface area (Å²) < 4.78 is 0. The lowest BCUT2D eigenvalue weighted by Crippen LogP contribution is -1.88. The maximum Gasteiger partial charge on any atom is 0.204 e. The zero-order chi connectivity index (χ0) is 12.0. The SMILES string of the molecule is CC.Cc1ccc(-c2nn[nH]n2)cc1C=O. The second-order valence-electron chi connectivity index (χ2n) is 2.92. The van der Waals surface area contributed by atoms with Gasteiger partial charge in [-0.25, -0.2) is 0 Å². The van der Waals surface area contributed by atoms with Gasteiger partial charge in [-0.15, -0.1) is 10.2 Å². The van der Waals surface area contributed by atoms with Crippen molar-refractivity contribution in [1.82, 2.24) is 20.6 Å². The summed E-state index contributed by atoms with van der Waals surface area (Å²) in [6.07, 6.45) is 0.818. The van der Waals surface area contributed by atoms with Gasteiger partial charge in [-0.1, -0.05) is 26.0 Å². The summed E-state index contributed by atoms with van der Waals surface area (Å²) >= 11 is 0. The van der Waals surface area contributed by atoms with Crippen molar-refractivity contribution in [2.24, 2.45) is 0 Å². The fraction of sp³-hybridized carbons (Fsp3) is 0.273. The molecule has 0 unspecified atom stereocenters. The molecule has 0 radical (unpaired) electrons. The van der Waals surface area contributed by atoms with Crippen LogP contribution in [0.15, 0.2) is 18.2 Å². The van der Waals surface area contributed by atoms with Crippen LogP contribution in [0.1, 0.15) is 29.8 Å². The average Bonchev–Trinajstić information content (AvgIpc) is 2.86. The number of hydrogen-bond acceptors (Lipinski definition) is 4. The lowest BCUT2D eigenvalue weighted by atomic mass is 10.1. The van der Waals surface area contributed by atoms with Crippen molar-refractivity contribution in [2.75, 3.05) is 0 Å². The van der Waals surface area contributed by atoms with Gasteiger partial charge in [0.1, 0.15) is 6.29 Å². The van der Waals surface area contributed by atoms with E-state index in [9.17, 15) is 4.79 Å². The van der Waals surface area contributed by atoms with E-state index in [1.54, 1.807) is 6.07 Å². The molecule has 0 amide bonds. The van der Waals surface area contributed by atoms with Crippen molar-refractivity contribution in [3.05, 3.63) is 29.3 Å². The maximum atomic E-state index is 10.7. The third-order valence-electron chi connectivity index (χ3n) is 2.01. The molecule has 5 nitrogen and oxygen atoms in total. The number of tetrazole rings is 1. The van der Waals surface area contributed by atoms with Crippen LogP contribution >= 0.6 is 0 Å². The second-order valence-corrected chi connectivity index (χ2v) is 2.92. The van der Waals surface area contributed by atoms with Gasteiger partial charge >= 0.3 is 0 Å². The Labute approximate surface area is 93.9 Å². The summed E-state index contributed by atoms with van der Waals surface area (Å²) in [5.41, 5.74) is 2.37. The molecule has 84 valence electrons. The number of aryl methyl sites for hydroxylation is 1. The average molecular weight is 218 g/mol. The summed E-state index contributed by atoms with van der Waals surface area (Å²) in [6, 6.07) is 5.45. The molecule has 16 heavy (non-hydrogen) atoms. The Kier molecular flexibility index (Phi) is 4.32. The maximum absolute atomic E-state index is 10.7. The highest BCUT2D eigenvalue weighted by atomic mass is 16.1. The number of benzene rings is 1. The summed E-state index contributed by atoms with van der Waals surface area (Å²) in [5.74, 6) is 0.494. The Morgan fingerprint density at radius 2 is 2.06 bits per heavy atom. The summed E-state index contributed by atoms with van der Waals surface area (Å²) in [4.78, 5) is 10.7. The van der Waals surface area contributed by atoms with Gasteiger partial charge in [-0.05, 0) is 23.8 Å². The molecule has 1 N–H and O–H groups in total. The van der Waals surface area contributed by atoms with Crippen molar-refractivity contribution in [2.45, 2.75) is 20.8 Å². The van der Waals surface area contributed by atoms with Gasteiger partial charge in [0, 0.05) is 11.1 Å². The van der Waals surface area contributed by atoms with Crippen LogP contribution in [0.25, 0.3) is 11.4 Å². The zero-order valence-electron chi connectivity index (χ0n) is 9.56. The van der Waals surface area contributed by atoms with E-state index in [1.165, 1.54) is 0 Å². The number of aromatic amines is 1. The van der Waals surface area contributed by atoms with Crippen LogP contribution in [0.2, 0.25) is 0 Å². The molecule has 0 atom stereocenters. The number of carbonyl (C=O) groups is 1. The first-order valence-electron chi connectivity index (χ1n) is 5.11. The molecular formula is C11H14N4O. The van der Waals surface area contributed by atoms with E-state index < -0.39 is 0 Å². The van der Waals surface area contributed by atoms with Crippen molar-refractivity contribution in [3.63, 3.8) is 0 Å². The van der Waals surface area contributed by atoms with Crippen molar-refractivity contribution < 1.29 is 4.79 Å². The molecular weight excluding hydrogens is 204 g/mol. The number of H-pyrrole nitrogens is 1. The number of nitrogens with one attached hydrogen (secondary N) is 1. The van der Waals surface area contributed by atoms with Gasteiger partial charge in [0.15, 0.2) is 0 Å². The molecule has 0 fully saturated rings. The third kappa shape index (κ3) is 2.50. The normalized spacial score (nSPS) is 9.19. The Bertz CT molecular complexity index is 451. The van der Waals surface area contributed by atoms with Crippen molar-refractivity contribution in [1.29, 1.82) is 0 Å². The minimum Gasteiger partial charge on any atom is -0.298 e. The van der Waals surface area contributed by atoms with Crippen LogP contribution in [0.3, 0.4) is 0 Å². The Hall–Kier alpha value is -2.04. The Balaban J connectivity index is 0.000000606. The summed E-state index contributed by atoms with van der Waals surface area (Å²) in [7, 11) is 0. The van der Waals surface area contributed by atoms with Crippen LogP contribution in [0.4, 0.5) is 0 Å². The molecule has 1 heterocycles. The lowest BCUT2D eigenvalue weighted by Gasteiger charge is -1.99. The molecule has 0 aliphatic rings. The molecule has 2 rings (SSSR count). The first-order chi connectivity index (χ1) is 7.81. The molecule has 0 saturated heterocycles. The van der Waals surface area contributed by atoms with Crippen molar-refractivity contribution in [3.8, 4) is 11.4 Å².